The molecule has 0 saturated heterocycles. The van der Waals surface area contributed by atoms with Crippen LogP contribution in [0.2, 0.25) is 0 Å². The zero-order valence-corrected chi connectivity index (χ0v) is 49.0. The van der Waals surface area contributed by atoms with E-state index < -0.39 is 6.10 Å². The highest BCUT2D eigenvalue weighted by Gasteiger charge is 2.20. The normalized spacial score (nSPS) is 12.9. The van der Waals surface area contributed by atoms with Gasteiger partial charge in [-0.2, -0.15) is 0 Å². The number of hydrogen-bond donors (Lipinski definition) is 0. The highest BCUT2D eigenvalue weighted by molar-refractivity contribution is 5.71. The summed E-state index contributed by atoms with van der Waals surface area (Å²) in [5.41, 5.74) is 0. The summed E-state index contributed by atoms with van der Waals surface area (Å²) in [7, 11) is 0. The molecule has 6 heteroatoms. The van der Waals surface area contributed by atoms with Gasteiger partial charge in [0.05, 0.1) is 0 Å². The predicted molar refractivity (Wildman–Crippen MR) is 307 cm³/mol. The fraction of sp³-hybridized carbons (Fsp3) is 0.954. The van der Waals surface area contributed by atoms with Gasteiger partial charge in [-0.05, 0) is 37.0 Å². The van der Waals surface area contributed by atoms with E-state index in [2.05, 4.69) is 41.5 Å². The van der Waals surface area contributed by atoms with Crippen LogP contribution in [-0.2, 0) is 28.6 Å². The molecule has 2 unspecified atom stereocenters. The van der Waals surface area contributed by atoms with Crippen molar-refractivity contribution >= 4 is 17.9 Å². The van der Waals surface area contributed by atoms with Gasteiger partial charge in [-0.3, -0.25) is 14.4 Å². The second-order valence-corrected chi connectivity index (χ2v) is 23.4. The minimum atomic E-state index is -0.765. The van der Waals surface area contributed by atoms with Gasteiger partial charge in [0, 0.05) is 19.3 Å². The third kappa shape index (κ3) is 56.0. The van der Waals surface area contributed by atoms with E-state index >= 15 is 0 Å². The molecule has 0 spiro atoms. The molecule has 0 aliphatic rings. The molecule has 0 rings (SSSR count). The number of hydrogen-bond acceptors (Lipinski definition) is 6. The van der Waals surface area contributed by atoms with Gasteiger partial charge in [0.15, 0.2) is 6.10 Å². The maximum absolute atomic E-state index is 12.8. The van der Waals surface area contributed by atoms with E-state index in [0.717, 1.165) is 75.5 Å². The quantitative estimate of drug-likeness (QED) is 0.0343. The lowest BCUT2D eigenvalue weighted by molar-refractivity contribution is -0.167. The fourth-order valence-corrected chi connectivity index (χ4v) is 10.00. The van der Waals surface area contributed by atoms with Gasteiger partial charge in [-0.15, -0.1) is 0 Å². The van der Waals surface area contributed by atoms with Crippen molar-refractivity contribution in [2.24, 2.45) is 17.8 Å². The molecule has 6 nitrogen and oxygen atoms in total. The lowest BCUT2D eigenvalue weighted by atomic mass is 9.99. The Bertz CT molecular complexity index is 1110. The molecule has 0 aliphatic carbocycles. The number of esters is 3. The SMILES string of the molecule is CCC(C)CCCCCCCCCCCCCCCCCCCCC(=O)OC[C@H](COC(=O)CCCCCCCCCCCCCCCCCCCCC(C)C)OC(=O)CCCCCCCCC(C)CC. The molecule has 3 atom stereocenters. The predicted octanol–water partition coefficient (Wildman–Crippen LogP) is 21.5. The Kier molecular flexibility index (Phi) is 54.9. The van der Waals surface area contributed by atoms with Crippen LogP contribution in [0.15, 0.2) is 0 Å². The van der Waals surface area contributed by atoms with Crippen LogP contribution in [-0.4, -0.2) is 37.2 Å². The summed E-state index contributed by atoms with van der Waals surface area (Å²) in [5, 5.41) is 0. The molecule has 0 heterocycles. The molecule has 0 fully saturated rings. The number of carbonyl (C=O) groups is 3. The van der Waals surface area contributed by atoms with Crippen LogP contribution in [0.5, 0.6) is 0 Å². The van der Waals surface area contributed by atoms with E-state index in [9.17, 15) is 14.4 Å². The van der Waals surface area contributed by atoms with Crippen LogP contribution in [0.1, 0.15) is 363 Å². The Morgan fingerprint density at radius 2 is 0.493 bits per heavy atom. The number of carbonyl (C=O) groups excluding carboxylic acids is 3. The van der Waals surface area contributed by atoms with E-state index in [1.807, 2.05) is 0 Å². The van der Waals surface area contributed by atoms with E-state index in [1.54, 1.807) is 0 Å². The molecule has 0 saturated carbocycles. The molecule has 0 bridgehead atoms. The average Bonchev–Trinajstić information content (AvgIpc) is 3.36. The first-order valence-corrected chi connectivity index (χ1v) is 32.2. The molecule has 0 amide bonds. The van der Waals surface area contributed by atoms with Crippen molar-refractivity contribution in [3.63, 3.8) is 0 Å². The lowest BCUT2D eigenvalue weighted by Gasteiger charge is -2.18. The summed E-state index contributed by atoms with van der Waals surface area (Å²) in [6.45, 7) is 13.8. The van der Waals surface area contributed by atoms with Gasteiger partial charge < -0.3 is 14.2 Å². The standard InChI is InChI=1S/C65H126O6/c1-7-60(5)52-46-40-34-30-26-22-18-14-10-12-16-20-24-28-32-36-43-49-55-64(67)70-58-62(71-65(68)56-50-44-38-37-41-47-53-61(6)8-2)57-69-63(66)54-48-42-35-31-27-23-19-15-11-9-13-17-21-25-29-33-39-45-51-59(3)4/h59-62H,7-58H2,1-6H3/t60?,61?,62-/m0/s1. The van der Waals surface area contributed by atoms with Gasteiger partial charge in [0.2, 0.25) is 0 Å². The molecule has 0 aliphatic heterocycles. The van der Waals surface area contributed by atoms with Crippen LogP contribution < -0.4 is 0 Å². The van der Waals surface area contributed by atoms with Crippen molar-refractivity contribution < 1.29 is 28.6 Å². The van der Waals surface area contributed by atoms with Crippen molar-refractivity contribution in [2.75, 3.05) is 13.2 Å². The molecule has 0 aromatic carbocycles. The topological polar surface area (TPSA) is 78.9 Å². The highest BCUT2D eigenvalue weighted by atomic mass is 16.6. The van der Waals surface area contributed by atoms with Gasteiger partial charge in [-0.1, -0.05) is 324 Å². The average molecular weight is 1000 g/mol. The fourth-order valence-electron chi connectivity index (χ4n) is 10.00. The van der Waals surface area contributed by atoms with Gasteiger partial charge >= 0.3 is 17.9 Å². The summed E-state index contributed by atoms with van der Waals surface area (Å²) in [6.07, 6.45) is 61.1. The first kappa shape index (κ1) is 69.4. The second kappa shape index (κ2) is 56.1. The maximum atomic E-state index is 12.8. The Morgan fingerprint density at radius 3 is 0.732 bits per heavy atom. The number of rotatable bonds is 58. The molecule has 0 N–H and O–H groups in total. The summed E-state index contributed by atoms with van der Waals surface area (Å²) in [6, 6.07) is 0. The summed E-state index contributed by atoms with van der Waals surface area (Å²) in [4.78, 5) is 38.2. The summed E-state index contributed by atoms with van der Waals surface area (Å²) in [5.74, 6) is 1.74. The Hall–Kier alpha value is -1.59. The van der Waals surface area contributed by atoms with E-state index in [-0.39, 0.29) is 31.1 Å². The van der Waals surface area contributed by atoms with E-state index in [0.29, 0.717) is 19.3 Å². The smallest absolute Gasteiger partial charge is 0.306 e. The molecule has 0 aromatic heterocycles. The zero-order valence-electron chi connectivity index (χ0n) is 49.0. The molecule has 0 radical (unpaired) electrons. The summed E-state index contributed by atoms with van der Waals surface area (Å²) >= 11 is 0. The lowest BCUT2D eigenvalue weighted by Crippen LogP contribution is -2.30. The number of unbranched alkanes of at least 4 members (excludes halogenated alkanes) is 39. The molecule has 71 heavy (non-hydrogen) atoms. The van der Waals surface area contributed by atoms with Gasteiger partial charge in [0.1, 0.15) is 13.2 Å². The summed E-state index contributed by atoms with van der Waals surface area (Å²) < 4.78 is 16.9. The van der Waals surface area contributed by atoms with Crippen molar-refractivity contribution in [2.45, 2.75) is 369 Å². The van der Waals surface area contributed by atoms with E-state index in [1.165, 1.54) is 244 Å². The zero-order chi connectivity index (χ0) is 51.9. The maximum Gasteiger partial charge on any atom is 0.306 e. The van der Waals surface area contributed by atoms with Gasteiger partial charge in [0.25, 0.3) is 0 Å². The molecule has 422 valence electrons. The third-order valence-electron chi connectivity index (χ3n) is 15.6. The van der Waals surface area contributed by atoms with Crippen LogP contribution in [0.25, 0.3) is 0 Å². The molecule has 0 aromatic rings. The minimum Gasteiger partial charge on any atom is -0.462 e. The molecular formula is C65H126O6. The highest BCUT2D eigenvalue weighted by Crippen LogP contribution is 2.20. The van der Waals surface area contributed by atoms with Crippen molar-refractivity contribution in [3.05, 3.63) is 0 Å². The third-order valence-corrected chi connectivity index (χ3v) is 15.6. The first-order chi connectivity index (χ1) is 34.7. The van der Waals surface area contributed by atoms with Crippen LogP contribution >= 0.6 is 0 Å². The molecular weight excluding hydrogens is 877 g/mol. The van der Waals surface area contributed by atoms with Crippen LogP contribution in [0, 0.1) is 17.8 Å². The van der Waals surface area contributed by atoms with E-state index in [4.69, 9.17) is 14.2 Å². The largest absolute Gasteiger partial charge is 0.462 e. The Labute approximate surface area is 444 Å². The minimum absolute atomic E-state index is 0.0638. The number of ether oxygens (including phenoxy) is 3. The van der Waals surface area contributed by atoms with Crippen LogP contribution in [0.4, 0.5) is 0 Å². The van der Waals surface area contributed by atoms with Crippen molar-refractivity contribution in [1.82, 2.24) is 0 Å². The van der Waals surface area contributed by atoms with Crippen LogP contribution in [0.3, 0.4) is 0 Å². The first-order valence-electron chi connectivity index (χ1n) is 32.2. The second-order valence-electron chi connectivity index (χ2n) is 23.4. The van der Waals surface area contributed by atoms with Crippen molar-refractivity contribution in [3.8, 4) is 0 Å². The van der Waals surface area contributed by atoms with Gasteiger partial charge in [-0.25, -0.2) is 0 Å². The monoisotopic (exact) mass is 1000 g/mol. The Balaban J connectivity index is 4.15. The Morgan fingerprint density at radius 1 is 0.282 bits per heavy atom. The van der Waals surface area contributed by atoms with Crippen molar-refractivity contribution in [1.29, 1.82) is 0 Å².